The lowest BCUT2D eigenvalue weighted by Crippen LogP contribution is -2.02. The summed E-state index contributed by atoms with van der Waals surface area (Å²) in [6, 6.07) is 0. The van der Waals surface area contributed by atoms with E-state index in [4.69, 9.17) is 0 Å². The molecule has 0 aliphatic rings. The van der Waals surface area contributed by atoms with Gasteiger partial charge in [-0.15, -0.1) is 0 Å². The third-order valence-electron chi connectivity index (χ3n) is 2.12. The fourth-order valence-electron chi connectivity index (χ4n) is 1.35. The van der Waals surface area contributed by atoms with Gasteiger partial charge in [0.15, 0.2) is 5.12 Å². The molecule has 0 saturated heterocycles. The van der Waals surface area contributed by atoms with Gasteiger partial charge < -0.3 is 0 Å². The summed E-state index contributed by atoms with van der Waals surface area (Å²) in [5, 5.41) is 0.367. The molecule has 0 N–H and O–H groups in total. The number of unbranched alkanes of at least 4 members (excludes halogenated alkanes) is 2. The van der Waals surface area contributed by atoms with Crippen LogP contribution in [0, 0.1) is 5.92 Å². The SMILES string of the molecule is CCCCC[C@H](C)CC(=O)SCC. The molecule has 1 atom stereocenters. The van der Waals surface area contributed by atoms with E-state index in [1.807, 2.05) is 6.92 Å². The average Bonchev–Trinajstić information content (AvgIpc) is 2.05. The van der Waals surface area contributed by atoms with E-state index < -0.39 is 0 Å². The number of hydrogen-bond acceptors (Lipinski definition) is 2. The van der Waals surface area contributed by atoms with Crippen LogP contribution >= 0.6 is 11.8 Å². The normalized spacial score (nSPS) is 12.8. The highest BCUT2D eigenvalue weighted by Gasteiger charge is 2.08. The first kappa shape index (κ1) is 13.0. The molecule has 0 unspecified atom stereocenters. The number of rotatable bonds is 7. The lowest BCUT2D eigenvalue weighted by molar-refractivity contribution is -0.111. The Morgan fingerprint density at radius 1 is 1.31 bits per heavy atom. The quantitative estimate of drug-likeness (QED) is 0.583. The lowest BCUT2D eigenvalue weighted by atomic mass is 10.0. The molecule has 0 saturated carbocycles. The Labute approximate surface area is 86.7 Å². The molecule has 0 aliphatic heterocycles. The van der Waals surface area contributed by atoms with E-state index in [0.29, 0.717) is 11.0 Å². The minimum Gasteiger partial charge on any atom is -0.287 e. The summed E-state index contributed by atoms with van der Waals surface area (Å²) in [5.74, 6) is 1.50. The third kappa shape index (κ3) is 8.35. The molecular weight excluding hydrogens is 180 g/mol. The third-order valence-corrected chi connectivity index (χ3v) is 2.90. The maximum absolute atomic E-state index is 11.2. The van der Waals surface area contributed by atoms with Gasteiger partial charge >= 0.3 is 0 Å². The molecule has 2 heteroatoms. The fourth-order valence-corrected chi connectivity index (χ4v) is 2.07. The van der Waals surface area contributed by atoms with Gasteiger partial charge in [0, 0.05) is 6.42 Å². The minimum atomic E-state index is 0.367. The van der Waals surface area contributed by atoms with Gasteiger partial charge in [0.25, 0.3) is 0 Å². The molecule has 0 radical (unpaired) electrons. The summed E-state index contributed by atoms with van der Waals surface area (Å²) in [6.45, 7) is 6.43. The first-order chi connectivity index (χ1) is 6.20. The highest BCUT2D eigenvalue weighted by atomic mass is 32.2. The predicted octanol–water partition coefficient (Wildman–Crippen LogP) is 3.87. The second kappa shape index (κ2) is 8.61. The summed E-state index contributed by atoms with van der Waals surface area (Å²) in [7, 11) is 0. The number of carbonyl (C=O) groups is 1. The topological polar surface area (TPSA) is 17.1 Å². The molecule has 0 bridgehead atoms. The Bertz CT molecular complexity index is 134. The van der Waals surface area contributed by atoms with Crippen molar-refractivity contribution in [2.75, 3.05) is 5.75 Å². The van der Waals surface area contributed by atoms with Crippen molar-refractivity contribution in [2.45, 2.75) is 52.9 Å². The molecule has 0 heterocycles. The van der Waals surface area contributed by atoms with E-state index >= 15 is 0 Å². The second-order valence-electron chi connectivity index (χ2n) is 3.61. The Morgan fingerprint density at radius 2 is 2.00 bits per heavy atom. The van der Waals surface area contributed by atoms with Gasteiger partial charge in [0.1, 0.15) is 0 Å². The molecule has 0 amide bonds. The number of hydrogen-bond donors (Lipinski definition) is 0. The zero-order valence-electron chi connectivity index (χ0n) is 9.14. The molecule has 0 fully saturated rings. The van der Waals surface area contributed by atoms with E-state index in [0.717, 1.165) is 12.2 Å². The van der Waals surface area contributed by atoms with Crippen molar-refractivity contribution >= 4 is 16.9 Å². The summed E-state index contributed by atoms with van der Waals surface area (Å²) in [5.41, 5.74) is 0. The zero-order valence-corrected chi connectivity index (χ0v) is 9.95. The van der Waals surface area contributed by atoms with Crippen LogP contribution in [0.15, 0.2) is 0 Å². The Kier molecular flexibility index (Phi) is 8.62. The van der Waals surface area contributed by atoms with E-state index in [-0.39, 0.29) is 0 Å². The molecular formula is C11H22OS. The van der Waals surface area contributed by atoms with Crippen LogP contribution in [-0.2, 0) is 4.79 Å². The van der Waals surface area contributed by atoms with Crippen molar-refractivity contribution in [3.8, 4) is 0 Å². The average molecular weight is 202 g/mol. The minimum absolute atomic E-state index is 0.367. The highest BCUT2D eigenvalue weighted by Crippen LogP contribution is 2.17. The van der Waals surface area contributed by atoms with Gasteiger partial charge in [-0.2, -0.15) is 0 Å². The largest absolute Gasteiger partial charge is 0.287 e. The maximum atomic E-state index is 11.2. The van der Waals surface area contributed by atoms with Crippen molar-refractivity contribution < 1.29 is 4.79 Å². The van der Waals surface area contributed by atoms with Crippen LogP contribution in [0.4, 0.5) is 0 Å². The monoisotopic (exact) mass is 202 g/mol. The van der Waals surface area contributed by atoms with E-state index in [9.17, 15) is 4.79 Å². The molecule has 0 aromatic carbocycles. The first-order valence-electron chi connectivity index (χ1n) is 5.36. The van der Waals surface area contributed by atoms with Gasteiger partial charge in [0.05, 0.1) is 0 Å². The van der Waals surface area contributed by atoms with Crippen LogP contribution in [0.2, 0.25) is 0 Å². The van der Waals surface area contributed by atoms with Crippen LogP contribution in [-0.4, -0.2) is 10.9 Å². The van der Waals surface area contributed by atoms with Gasteiger partial charge in [0.2, 0.25) is 0 Å². The van der Waals surface area contributed by atoms with E-state index in [2.05, 4.69) is 13.8 Å². The van der Waals surface area contributed by atoms with Crippen molar-refractivity contribution in [1.82, 2.24) is 0 Å². The van der Waals surface area contributed by atoms with Gasteiger partial charge in [-0.1, -0.05) is 58.2 Å². The van der Waals surface area contributed by atoms with Gasteiger partial charge in [-0.3, -0.25) is 4.79 Å². The van der Waals surface area contributed by atoms with Crippen molar-refractivity contribution in [3.05, 3.63) is 0 Å². The van der Waals surface area contributed by atoms with Crippen molar-refractivity contribution in [1.29, 1.82) is 0 Å². The Balaban J connectivity index is 3.38. The van der Waals surface area contributed by atoms with Crippen LogP contribution in [0.5, 0.6) is 0 Å². The zero-order chi connectivity index (χ0) is 10.1. The second-order valence-corrected chi connectivity index (χ2v) is 4.93. The molecule has 0 spiro atoms. The standard InChI is InChI=1S/C11H22OS/c1-4-6-7-8-10(3)9-11(12)13-5-2/h10H,4-9H2,1-3H3/t10-/m0/s1. The molecule has 0 aliphatic carbocycles. The fraction of sp³-hybridized carbons (Fsp3) is 0.909. The molecule has 0 rings (SSSR count). The van der Waals surface area contributed by atoms with Crippen LogP contribution in [0.25, 0.3) is 0 Å². The number of carbonyl (C=O) groups excluding carboxylic acids is 1. The maximum Gasteiger partial charge on any atom is 0.189 e. The molecule has 0 aromatic heterocycles. The van der Waals surface area contributed by atoms with Gasteiger partial charge in [-0.25, -0.2) is 0 Å². The summed E-state index contributed by atoms with van der Waals surface area (Å²) in [6.07, 6.45) is 5.83. The molecule has 13 heavy (non-hydrogen) atoms. The van der Waals surface area contributed by atoms with E-state index in [1.54, 1.807) is 0 Å². The summed E-state index contributed by atoms with van der Waals surface area (Å²) < 4.78 is 0. The highest BCUT2D eigenvalue weighted by molar-refractivity contribution is 8.13. The van der Waals surface area contributed by atoms with Crippen LogP contribution in [0.3, 0.4) is 0 Å². The lowest BCUT2D eigenvalue weighted by Gasteiger charge is -2.08. The first-order valence-corrected chi connectivity index (χ1v) is 6.34. The summed E-state index contributed by atoms with van der Waals surface area (Å²) >= 11 is 1.46. The van der Waals surface area contributed by atoms with Crippen molar-refractivity contribution in [3.63, 3.8) is 0 Å². The molecule has 0 aromatic rings. The van der Waals surface area contributed by atoms with Crippen molar-refractivity contribution in [2.24, 2.45) is 5.92 Å². The predicted molar refractivity (Wildman–Crippen MR) is 61.1 cm³/mol. The Morgan fingerprint density at radius 3 is 2.54 bits per heavy atom. The molecule has 78 valence electrons. The number of thioether (sulfide) groups is 1. The van der Waals surface area contributed by atoms with Crippen LogP contribution in [0.1, 0.15) is 52.9 Å². The molecule has 1 nitrogen and oxygen atoms in total. The Hall–Kier alpha value is 0.0200. The van der Waals surface area contributed by atoms with Crippen LogP contribution < -0.4 is 0 Å². The van der Waals surface area contributed by atoms with E-state index in [1.165, 1.54) is 37.4 Å². The smallest absolute Gasteiger partial charge is 0.189 e. The summed E-state index contributed by atoms with van der Waals surface area (Å²) in [4.78, 5) is 11.2. The van der Waals surface area contributed by atoms with Gasteiger partial charge in [-0.05, 0) is 11.7 Å².